The summed E-state index contributed by atoms with van der Waals surface area (Å²) in [6.45, 7) is 5.21. The van der Waals surface area contributed by atoms with Gasteiger partial charge in [0.25, 0.3) is 0 Å². The van der Waals surface area contributed by atoms with Gasteiger partial charge in [-0.25, -0.2) is 4.39 Å². The summed E-state index contributed by atoms with van der Waals surface area (Å²) in [7, 11) is 0. The lowest BCUT2D eigenvalue weighted by Crippen LogP contribution is -2.50. The summed E-state index contributed by atoms with van der Waals surface area (Å²) in [5.74, 6) is -0.202. The van der Waals surface area contributed by atoms with Crippen molar-refractivity contribution < 1.29 is 4.39 Å². The normalized spacial score (nSPS) is 26.9. The fourth-order valence-electron chi connectivity index (χ4n) is 3.17. The van der Waals surface area contributed by atoms with E-state index in [1.807, 2.05) is 0 Å². The van der Waals surface area contributed by atoms with Crippen molar-refractivity contribution in [3.63, 3.8) is 0 Å². The number of hydrogen-bond donors (Lipinski definition) is 2. The van der Waals surface area contributed by atoms with E-state index in [2.05, 4.69) is 19.2 Å². The first-order valence-corrected chi connectivity index (χ1v) is 6.69. The molecule has 1 aromatic rings. The van der Waals surface area contributed by atoms with Crippen molar-refractivity contribution in [3.8, 4) is 0 Å². The minimum absolute atomic E-state index is 0.0421. The van der Waals surface area contributed by atoms with Gasteiger partial charge in [-0.1, -0.05) is 20.3 Å². The summed E-state index contributed by atoms with van der Waals surface area (Å²) < 4.78 is 12.9. The minimum atomic E-state index is -0.202. The molecule has 3 heteroatoms. The molecule has 0 aromatic heterocycles. The molecule has 1 aromatic carbocycles. The van der Waals surface area contributed by atoms with Gasteiger partial charge in [0.05, 0.1) is 5.54 Å². The summed E-state index contributed by atoms with van der Waals surface area (Å²) in [6.07, 6.45) is 4.59. The lowest BCUT2D eigenvalue weighted by molar-refractivity contribution is 0.170. The molecule has 0 heterocycles. The molecule has 0 spiro atoms. The van der Waals surface area contributed by atoms with Crippen LogP contribution < -0.4 is 11.1 Å². The molecule has 100 valence electrons. The van der Waals surface area contributed by atoms with Crippen molar-refractivity contribution in [2.75, 3.05) is 11.9 Å². The van der Waals surface area contributed by atoms with Gasteiger partial charge in [-0.2, -0.15) is 0 Å². The van der Waals surface area contributed by atoms with E-state index in [0.29, 0.717) is 12.0 Å². The third-order valence-corrected chi connectivity index (χ3v) is 3.97. The molecule has 0 saturated heterocycles. The number of benzene rings is 1. The maximum Gasteiger partial charge on any atom is 0.123 e. The van der Waals surface area contributed by atoms with Crippen molar-refractivity contribution in [3.05, 3.63) is 30.1 Å². The largest absolute Gasteiger partial charge is 0.378 e. The summed E-state index contributed by atoms with van der Waals surface area (Å²) in [5, 5.41) is 3.54. The third-order valence-electron chi connectivity index (χ3n) is 3.97. The molecule has 1 aliphatic rings. The topological polar surface area (TPSA) is 38.0 Å². The monoisotopic (exact) mass is 250 g/mol. The molecule has 1 unspecified atom stereocenters. The van der Waals surface area contributed by atoms with E-state index >= 15 is 0 Å². The van der Waals surface area contributed by atoms with Gasteiger partial charge in [-0.15, -0.1) is 0 Å². The van der Waals surface area contributed by atoms with Gasteiger partial charge in [-0.3, -0.25) is 0 Å². The minimum Gasteiger partial charge on any atom is -0.378 e. The maximum absolute atomic E-state index is 12.9. The first kappa shape index (κ1) is 13.3. The predicted molar refractivity (Wildman–Crippen MR) is 74.1 cm³/mol. The van der Waals surface area contributed by atoms with E-state index in [4.69, 9.17) is 5.73 Å². The Kier molecular flexibility index (Phi) is 3.62. The van der Waals surface area contributed by atoms with Gasteiger partial charge < -0.3 is 11.1 Å². The molecule has 1 aliphatic carbocycles. The highest BCUT2D eigenvalue weighted by Crippen LogP contribution is 2.42. The Labute approximate surface area is 109 Å². The SMILES string of the molecule is CC1(C)CCCC(CN)(Nc2ccc(F)cc2)C1. The lowest BCUT2D eigenvalue weighted by Gasteiger charge is -2.45. The van der Waals surface area contributed by atoms with E-state index in [9.17, 15) is 4.39 Å². The fourth-order valence-corrected chi connectivity index (χ4v) is 3.17. The molecular formula is C15H23FN2. The van der Waals surface area contributed by atoms with Crippen molar-refractivity contribution in [2.45, 2.75) is 45.1 Å². The molecule has 2 nitrogen and oxygen atoms in total. The van der Waals surface area contributed by atoms with Crippen LogP contribution in [0, 0.1) is 11.2 Å². The van der Waals surface area contributed by atoms with Gasteiger partial charge in [0, 0.05) is 12.2 Å². The molecule has 2 rings (SSSR count). The van der Waals surface area contributed by atoms with Crippen LogP contribution in [0.15, 0.2) is 24.3 Å². The second-order valence-electron chi connectivity index (χ2n) is 6.31. The first-order valence-electron chi connectivity index (χ1n) is 6.69. The molecular weight excluding hydrogens is 227 g/mol. The Morgan fingerprint density at radius 3 is 2.44 bits per heavy atom. The molecule has 1 atom stereocenters. The Morgan fingerprint density at radius 1 is 1.22 bits per heavy atom. The van der Waals surface area contributed by atoms with Crippen LogP contribution in [0.1, 0.15) is 39.5 Å². The fraction of sp³-hybridized carbons (Fsp3) is 0.600. The molecule has 0 radical (unpaired) electrons. The lowest BCUT2D eigenvalue weighted by atomic mass is 9.68. The van der Waals surface area contributed by atoms with Crippen molar-refractivity contribution in [2.24, 2.45) is 11.1 Å². The van der Waals surface area contributed by atoms with Crippen LogP contribution in [0.5, 0.6) is 0 Å². The number of nitrogens with one attached hydrogen (secondary N) is 1. The molecule has 1 saturated carbocycles. The summed E-state index contributed by atoms with van der Waals surface area (Å²) >= 11 is 0. The standard InChI is InChI=1S/C15H23FN2/c1-14(2)8-3-9-15(10-14,11-17)18-13-6-4-12(16)5-7-13/h4-7,18H,3,8-11,17H2,1-2H3. The molecule has 0 amide bonds. The van der Waals surface area contributed by atoms with E-state index in [-0.39, 0.29) is 11.4 Å². The number of anilines is 1. The van der Waals surface area contributed by atoms with E-state index in [0.717, 1.165) is 18.5 Å². The molecule has 0 bridgehead atoms. The van der Waals surface area contributed by atoms with Gasteiger partial charge in [0.15, 0.2) is 0 Å². The van der Waals surface area contributed by atoms with Gasteiger partial charge in [0.1, 0.15) is 5.82 Å². The van der Waals surface area contributed by atoms with Crippen molar-refractivity contribution >= 4 is 5.69 Å². The average Bonchev–Trinajstić information content (AvgIpc) is 2.31. The summed E-state index contributed by atoms with van der Waals surface area (Å²) in [4.78, 5) is 0. The van der Waals surface area contributed by atoms with Crippen LogP contribution in [-0.4, -0.2) is 12.1 Å². The van der Waals surface area contributed by atoms with E-state index < -0.39 is 0 Å². The van der Waals surface area contributed by atoms with E-state index in [1.54, 1.807) is 12.1 Å². The highest BCUT2D eigenvalue weighted by Gasteiger charge is 2.38. The highest BCUT2D eigenvalue weighted by atomic mass is 19.1. The maximum atomic E-state index is 12.9. The van der Waals surface area contributed by atoms with Crippen LogP contribution in [0.25, 0.3) is 0 Å². The quantitative estimate of drug-likeness (QED) is 0.861. The van der Waals surface area contributed by atoms with Crippen molar-refractivity contribution in [1.29, 1.82) is 0 Å². The molecule has 18 heavy (non-hydrogen) atoms. The number of halogens is 1. The molecule has 3 N–H and O–H groups in total. The highest BCUT2D eigenvalue weighted by molar-refractivity contribution is 5.46. The third kappa shape index (κ3) is 3.02. The number of nitrogens with two attached hydrogens (primary N) is 1. The Bertz CT molecular complexity index is 399. The zero-order chi connectivity index (χ0) is 13.2. The second kappa shape index (κ2) is 4.88. The van der Waals surface area contributed by atoms with Crippen LogP contribution in [0.4, 0.5) is 10.1 Å². The summed E-state index contributed by atoms with van der Waals surface area (Å²) in [6, 6.07) is 6.55. The van der Waals surface area contributed by atoms with Crippen LogP contribution >= 0.6 is 0 Å². The van der Waals surface area contributed by atoms with Gasteiger partial charge in [0.2, 0.25) is 0 Å². The van der Waals surface area contributed by atoms with E-state index in [1.165, 1.54) is 25.0 Å². The Balaban J connectivity index is 2.15. The van der Waals surface area contributed by atoms with Crippen LogP contribution in [-0.2, 0) is 0 Å². The molecule has 0 aliphatic heterocycles. The van der Waals surface area contributed by atoms with Crippen molar-refractivity contribution in [1.82, 2.24) is 0 Å². The molecule has 1 fully saturated rings. The zero-order valence-corrected chi connectivity index (χ0v) is 11.3. The Morgan fingerprint density at radius 2 is 1.89 bits per heavy atom. The average molecular weight is 250 g/mol. The second-order valence-corrected chi connectivity index (χ2v) is 6.31. The smallest absolute Gasteiger partial charge is 0.123 e. The van der Waals surface area contributed by atoms with Crippen LogP contribution in [0.2, 0.25) is 0 Å². The Hall–Kier alpha value is -1.09. The van der Waals surface area contributed by atoms with Crippen LogP contribution in [0.3, 0.4) is 0 Å². The predicted octanol–water partition coefficient (Wildman–Crippen LogP) is 3.54. The zero-order valence-electron chi connectivity index (χ0n) is 11.3. The number of rotatable bonds is 3. The van der Waals surface area contributed by atoms with Gasteiger partial charge in [-0.05, 0) is 48.9 Å². The van der Waals surface area contributed by atoms with Gasteiger partial charge >= 0.3 is 0 Å². The summed E-state index contributed by atoms with van der Waals surface area (Å²) in [5.41, 5.74) is 7.24. The first-order chi connectivity index (χ1) is 8.45. The number of hydrogen-bond acceptors (Lipinski definition) is 2.